The lowest BCUT2D eigenvalue weighted by molar-refractivity contribution is 0.145. The first-order valence-corrected chi connectivity index (χ1v) is 7.38. The van der Waals surface area contributed by atoms with Gasteiger partial charge in [0.15, 0.2) is 0 Å². The van der Waals surface area contributed by atoms with Gasteiger partial charge >= 0.3 is 0 Å². The predicted molar refractivity (Wildman–Crippen MR) is 76.4 cm³/mol. The normalized spacial score (nSPS) is 24.5. The van der Waals surface area contributed by atoms with Crippen LogP contribution in [0.3, 0.4) is 0 Å². The van der Waals surface area contributed by atoms with Crippen molar-refractivity contribution in [2.24, 2.45) is 5.92 Å². The number of likely N-dealkylation sites (tertiary alicyclic amines) is 1. The predicted octanol–water partition coefficient (Wildman–Crippen LogP) is 3.27. The molecule has 1 rings (SSSR count). The molecule has 0 amide bonds. The van der Waals surface area contributed by atoms with Crippen molar-refractivity contribution in [3.63, 3.8) is 0 Å². The summed E-state index contributed by atoms with van der Waals surface area (Å²) in [7, 11) is 0. The van der Waals surface area contributed by atoms with E-state index in [0.717, 1.165) is 18.5 Å². The van der Waals surface area contributed by atoms with Crippen LogP contribution in [0.15, 0.2) is 0 Å². The smallest absolute Gasteiger partial charge is 0.0195 e. The molecule has 0 aromatic carbocycles. The Kier molecular flexibility index (Phi) is 5.46. The van der Waals surface area contributed by atoms with E-state index in [0.29, 0.717) is 6.04 Å². The molecule has 102 valence electrons. The molecule has 1 saturated heterocycles. The van der Waals surface area contributed by atoms with Gasteiger partial charge in [-0.15, -0.1) is 0 Å². The summed E-state index contributed by atoms with van der Waals surface area (Å²) in [6.45, 7) is 16.3. The zero-order chi connectivity index (χ0) is 13.1. The molecule has 1 fully saturated rings. The van der Waals surface area contributed by atoms with Crippen LogP contribution >= 0.6 is 0 Å². The van der Waals surface area contributed by atoms with Gasteiger partial charge in [-0.25, -0.2) is 0 Å². The van der Waals surface area contributed by atoms with Gasteiger partial charge in [-0.3, -0.25) is 4.90 Å². The number of hydrogen-bond donors (Lipinski definition) is 1. The van der Waals surface area contributed by atoms with Gasteiger partial charge in [0.1, 0.15) is 0 Å². The highest BCUT2D eigenvalue weighted by atomic mass is 15.2. The summed E-state index contributed by atoms with van der Waals surface area (Å²) in [4.78, 5) is 2.71. The van der Waals surface area contributed by atoms with Gasteiger partial charge in [0.2, 0.25) is 0 Å². The van der Waals surface area contributed by atoms with Gasteiger partial charge < -0.3 is 5.32 Å². The molecule has 1 aliphatic heterocycles. The first kappa shape index (κ1) is 15.0. The molecule has 0 saturated carbocycles. The molecule has 0 aliphatic carbocycles. The lowest BCUT2D eigenvalue weighted by Crippen LogP contribution is -2.49. The van der Waals surface area contributed by atoms with E-state index in [4.69, 9.17) is 0 Å². The number of hydrogen-bond acceptors (Lipinski definition) is 2. The Morgan fingerprint density at radius 2 is 1.94 bits per heavy atom. The van der Waals surface area contributed by atoms with Crippen LogP contribution in [0.2, 0.25) is 0 Å². The van der Waals surface area contributed by atoms with Crippen molar-refractivity contribution >= 4 is 0 Å². The first-order valence-electron chi connectivity index (χ1n) is 7.38. The molecule has 0 bridgehead atoms. The third kappa shape index (κ3) is 4.26. The average Bonchev–Trinajstić information content (AvgIpc) is 2.75. The second-order valence-corrected chi connectivity index (χ2v) is 6.66. The van der Waals surface area contributed by atoms with Crippen molar-refractivity contribution in [3.05, 3.63) is 0 Å². The summed E-state index contributed by atoms with van der Waals surface area (Å²) in [5.41, 5.74) is 0.279. The van der Waals surface area contributed by atoms with Gasteiger partial charge in [0, 0.05) is 24.2 Å². The van der Waals surface area contributed by atoms with Crippen LogP contribution in [0, 0.1) is 5.92 Å². The summed E-state index contributed by atoms with van der Waals surface area (Å²) in [5.74, 6) is 0.791. The quantitative estimate of drug-likeness (QED) is 0.766. The monoisotopic (exact) mass is 240 g/mol. The molecule has 2 unspecified atom stereocenters. The van der Waals surface area contributed by atoms with Gasteiger partial charge in [0.05, 0.1) is 0 Å². The second-order valence-electron chi connectivity index (χ2n) is 6.66. The summed E-state index contributed by atoms with van der Waals surface area (Å²) in [6, 6.07) is 1.47. The van der Waals surface area contributed by atoms with Crippen molar-refractivity contribution in [3.8, 4) is 0 Å². The van der Waals surface area contributed by atoms with Gasteiger partial charge in [-0.1, -0.05) is 20.8 Å². The van der Waals surface area contributed by atoms with Crippen LogP contribution in [0.5, 0.6) is 0 Å². The third-order valence-corrected chi connectivity index (χ3v) is 4.44. The fourth-order valence-electron chi connectivity index (χ4n) is 2.74. The van der Waals surface area contributed by atoms with Crippen molar-refractivity contribution in [2.75, 3.05) is 13.1 Å². The molecule has 2 nitrogen and oxygen atoms in total. The van der Waals surface area contributed by atoms with E-state index >= 15 is 0 Å². The third-order valence-electron chi connectivity index (χ3n) is 4.44. The Morgan fingerprint density at radius 3 is 2.47 bits per heavy atom. The van der Waals surface area contributed by atoms with E-state index in [2.05, 4.69) is 51.8 Å². The first-order chi connectivity index (χ1) is 7.87. The SMILES string of the molecule is CCC(C)(C)NCC(C)N1CCCC1C(C)C. The zero-order valence-electron chi connectivity index (χ0n) is 12.7. The molecular weight excluding hydrogens is 208 g/mol. The molecule has 0 aromatic rings. The van der Waals surface area contributed by atoms with Gasteiger partial charge in [-0.2, -0.15) is 0 Å². The lowest BCUT2D eigenvalue weighted by atomic mass is 10.00. The minimum absolute atomic E-state index is 0.279. The van der Waals surface area contributed by atoms with Crippen molar-refractivity contribution in [2.45, 2.75) is 78.4 Å². The average molecular weight is 240 g/mol. The highest BCUT2D eigenvalue weighted by Gasteiger charge is 2.30. The molecule has 2 heteroatoms. The van der Waals surface area contributed by atoms with Crippen molar-refractivity contribution in [1.29, 1.82) is 0 Å². The number of rotatable bonds is 6. The van der Waals surface area contributed by atoms with E-state index in [-0.39, 0.29) is 5.54 Å². The molecule has 2 atom stereocenters. The molecule has 1 aliphatic rings. The molecule has 1 N–H and O–H groups in total. The minimum atomic E-state index is 0.279. The Labute approximate surface area is 108 Å². The summed E-state index contributed by atoms with van der Waals surface area (Å²) in [6.07, 6.45) is 3.96. The maximum atomic E-state index is 3.70. The molecule has 0 spiro atoms. The number of nitrogens with zero attached hydrogens (tertiary/aromatic N) is 1. The highest BCUT2D eigenvalue weighted by molar-refractivity contribution is 4.87. The molecule has 0 aromatic heterocycles. The van der Waals surface area contributed by atoms with Crippen LogP contribution in [-0.2, 0) is 0 Å². The molecule has 0 radical (unpaired) electrons. The Bertz CT molecular complexity index is 223. The maximum Gasteiger partial charge on any atom is 0.0195 e. The fraction of sp³-hybridized carbons (Fsp3) is 1.00. The lowest BCUT2D eigenvalue weighted by Gasteiger charge is -2.35. The van der Waals surface area contributed by atoms with Crippen LogP contribution in [0.1, 0.15) is 60.8 Å². The van der Waals surface area contributed by atoms with E-state index in [9.17, 15) is 0 Å². The van der Waals surface area contributed by atoms with Gasteiger partial charge in [0.25, 0.3) is 0 Å². The van der Waals surface area contributed by atoms with E-state index in [1.54, 1.807) is 0 Å². The largest absolute Gasteiger partial charge is 0.310 e. The topological polar surface area (TPSA) is 15.3 Å². The summed E-state index contributed by atoms with van der Waals surface area (Å²) >= 11 is 0. The highest BCUT2D eigenvalue weighted by Crippen LogP contribution is 2.25. The minimum Gasteiger partial charge on any atom is -0.310 e. The Hall–Kier alpha value is -0.0800. The molecule has 1 heterocycles. The van der Waals surface area contributed by atoms with Crippen LogP contribution in [-0.4, -0.2) is 35.6 Å². The van der Waals surface area contributed by atoms with Crippen LogP contribution in [0.4, 0.5) is 0 Å². The molecule has 17 heavy (non-hydrogen) atoms. The second kappa shape index (κ2) is 6.19. The fourth-order valence-corrected chi connectivity index (χ4v) is 2.74. The van der Waals surface area contributed by atoms with Crippen molar-refractivity contribution < 1.29 is 0 Å². The van der Waals surface area contributed by atoms with E-state index < -0.39 is 0 Å². The van der Waals surface area contributed by atoms with Crippen LogP contribution in [0.25, 0.3) is 0 Å². The number of nitrogens with one attached hydrogen (secondary N) is 1. The van der Waals surface area contributed by atoms with Gasteiger partial charge in [-0.05, 0) is 52.5 Å². The Morgan fingerprint density at radius 1 is 1.29 bits per heavy atom. The van der Waals surface area contributed by atoms with Crippen LogP contribution < -0.4 is 5.32 Å². The van der Waals surface area contributed by atoms with E-state index in [1.165, 1.54) is 25.8 Å². The molecular formula is C15H32N2. The maximum absolute atomic E-state index is 3.70. The standard InChI is InChI=1S/C15H32N2/c1-7-15(5,6)16-11-13(4)17-10-8-9-14(17)12(2)3/h12-14,16H,7-11H2,1-6H3. The summed E-state index contributed by atoms with van der Waals surface area (Å²) < 4.78 is 0. The van der Waals surface area contributed by atoms with Crippen molar-refractivity contribution in [1.82, 2.24) is 10.2 Å². The Balaban J connectivity index is 2.44. The zero-order valence-corrected chi connectivity index (χ0v) is 12.7. The van der Waals surface area contributed by atoms with E-state index in [1.807, 2.05) is 0 Å². The summed E-state index contributed by atoms with van der Waals surface area (Å²) in [5, 5.41) is 3.70.